The third-order valence-corrected chi connectivity index (χ3v) is 5.68. The quantitative estimate of drug-likeness (QED) is 0.737. The van der Waals surface area contributed by atoms with Crippen molar-refractivity contribution in [1.82, 2.24) is 4.90 Å². The van der Waals surface area contributed by atoms with Gasteiger partial charge in [0.2, 0.25) is 0 Å². The minimum atomic E-state index is -0.230. The van der Waals surface area contributed by atoms with Crippen LogP contribution in [0.25, 0.3) is 11.0 Å². The van der Waals surface area contributed by atoms with Crippen LogP contribution in [0.1, 0.15) is 43.9 Å². The molecule has 0 N–H and O–H groups in total. The van der Waals surface area contributed by atoms with Crippen molar-refractivity contribution in [2.75, 3.05) is 26.3 Å². The van der Waals surface area contributed by atoms with Gasteiger partial charge in [-0.2, -0.15) is 0 Å². The SMILES string of the molecule is CCOC(=O)[C@H]1CCCN(C(=O)COc2ccc3oc4c(c3c2)CCCC4)C1. The summed E-state index contributed by atoms with van der Waals surface area (Å²) in [5.74, 6) is 1.23. The van der Waals surface area contributed by atoms with Crippen LogP contribution in [0.2, 0.25) is 0 Å². The summed E-state index contributed by atoms with van der Waals surface area (Å²) in [4.78, 5) is 26.2. The number of nitrogens with zero attached hydrogens (tertiary/aromatic N) is 1. The number of hydrogen-bond donors (Lipinski definition) is 0. The number of esters is 1. The molecule has 1 fully saturated rings. The zero-order chi connectivity index (χ0) is 19.5. The number of aryl methyl sites for hydroxylation is 2. The summed E-state index contributed by atoms with van der Waals surface area (Å²) in [5, 5.41) is 1.10. The third kappa shape index (κ3) is 3.86. The molecule has 1 amide bonds. The zero-order valence-corrected chi connectivity index (χ0v) is 16.4. The van der Waals surface area contributed by atoms with E-state index in [2.05, 4.69) is 0 Å². The number of fused-ring (bicyclic) bond motifs is 3. The van der Waals surface area contributed by atoms with Gasteiger partial charge in [0.25, 0.3) is 5.91 Å². The number of piperidine rings is 1. The summed E-state index contributed by atoms with van der Waals surface area (Å²) < 4.78 is 16.8. The number of furan rings is 1. The van der Waals surface area contributed by atoms with Gasteiger partial charge in [0.15, 0.2) is 6.61 Å². The molecule has 2 aromatic rings. The first-order valence-corrected chi connectivity index (χ1v) is 10.3. The van der Waals surface area contributed by atoms with Gasteiger partial charge in [0.05, 0.1) is 12.5 Å². The van der Waals surface area contributed by atoms with E-state index < -0.39 is 0 Å². The highest BCUT2D eigenvalue weighted by Crippen LogP contribution is 2.34. The molecule has 0 spiro atoms. The van der Waals surface area contributed by atoms with Crippen LogP contribution in [-0.4, -0.2) is 43.1 Å². The zero-order valence-electron chi connectivity index (χ0n) is 16.4. The molecular weight excluding hydrogens is 358 g/mol. The largest absolute Gasteiger partial charge is 0.484 e. The van der Waals surface area contributed by atoms with E-state index in [1.807, 2.05) is 18.2 Å². The summed E-state index contributed by atoms with van der Waals surface area (Å²) in [7, 11) is 0. The Kier molecular flexibility index (Phi) is 5.55. The van der Waals surface area contributed by atoms with Gasteiger partial charge in [-0.25, -0.2) is 0 Å². The molecule has 1 aliphatic heterocycles. The fraction of sp³-hybridized carbons (Fsp3) is 0.545. The first-order chi connectivity index (χ1) is 13.7. The number of rotatable bonds is 5. The summed E-state index contributed by atoms with van der Waals surface area (Å²) in [5.41, 5.74) is 2.17. The van der Waals surface area contributed by atoms with E-state index in [-0.39, 0.29) is 24.4 Å². The lowest BCUT2D eigenvalue weighted by Gasteiger charge is -2.31. The molecular formula is C22H27NO5. The Balaban J connectivity index is 1.38. The lowest BCUT2D eigenvalue weighted by Crippen LogP contribution is -2.44. The van der Waals surface area contributed by atoms with E-state index in [0.29, 0.717) is 25.4 Å². The highest BCUT2D eigenvalue weighted by Gasteiger charge is 2.29. The van der Waals surface area contributed by atoms with E-state index in [1.165, 1.54) is 18.4 Å². The minimum Gasteiger partial charge on any atom is -0.484 e. The van der Waals surface area contributed by atoms with Crippen LogP contribution < -0.4 is 4.74 Å². The van der Waals surface area contributed by atoms with E-state index in [9.17, 15) is 9.59 Å². The van der Waals surface area contributed by atoms with Gasteiger partial charge < -0.3 is 18.8 Å². The third-order valence-electron chi connectivity index (χ3n) is 5.68. The highest BCUT2D eigenvalue weighted by atomic mass is 16.5. The summed E-state index contributed by atoms with van der Waals surface area (Å²) in [6.07, 6.45) is 5.96. The molecule has 6 heteroatoms. The predicted molar refractivity (Wildman–Crippen MR) is 104 cm³/mol. The molecule has 28 heavy (non-hydrogen) atoms. The van der Waals surface area contributed by atoms with Crippen molar-refractivity contribution in [3.05, 3.63) is 29.5 Å². The predicted octanol–water partition coefficient (Wildman–Crippen LogP) is 3.49. The summed E-state index contributed by atoms with van der Waals surface area (Å²) in [6.45, 7) is 3.21. The smallest absolute Gasteiger partial charge is 0.310 e. The molecule has 1 aromatic heterocycles. The van der Waals surface area contributed by atoms with Crippen LogP contribution in [0.15, 0.2) is 22.6 Å². The lowest BCUT2D eigenvalue weighted by molar-refractivity contribution is -0.151. The van der Waals surface area contributed by atoms with Crippen LogP contribution in [-0.2, 0) is 27.2 Å². The second-order valence-corrected chi connectivity index (χ2v) is 7.59. The van der Waals surface area contributed by atoms with Crippen molar-refractivity contribution >= 4 is 22.8 Å². The van der Waals surface area contributed by atoms with E-state index in [0.717, 1.165) is 42.4 Å². The Morgan fingerprint density at radius 2 is 2.07 bits per heavy atom. The lowest BCUT2D eigenvalue weighted by atomic mass is 9.96. The molecule has 0 saturated carbocycles. The Bertz CT molecular complexity index is 871. The van der Waals surface area contributed by atoms with Crippen LogP contribution in [0.5, 0.6) is 5.75 Å². The topological polar surface area (TPSA) is 69.0 Å². The summed E-state index contributed by atoms with van der Waals surface area (Å²) in [6, 6.07) is 5.75. The van der Waals surface area contributed by atoms with Gasteiger partial charge in [-0.1, -0.05) is 0 Å². The van der Waals surface area contributed by atoms with Gasteiger partial charge in [-0.15, -0.1) is 0 Å². The second-order valence-electron chi connectivity index (χ2n) is 7.59. The maximum absolute atomic E-state index is 12.6. The maximum Gasteiger partial charge on any atom is 0.310 e. The van der Waals surface area contributed by atoms with Gasteiger partial charge in [0.1, 0.15) is 17.1 Å². The number of hydrogen-bond acceptors (Lipinski definition) is 5. The Morgan fingerprint density at radius 3 is 2.93 bits per heavy atom. The van der Waals surface area contributed by atoms with Crippen molar-refractivity contribution in [2.45, 2.75) is 45.4 Å². The molecule has 2 aliphatic rings. The van der Waals surface area contributed by atoms with Crippen molar-refractivity contribution in [3.63, 3.8) is 0 Å². The number of amides is 1. The molecule has 0 bridgehead atoms. The van der Waals surface area contributed by atoms with Crippen LogP contribution in [0.3, 0.4) is 0 Å². The van der Waals surface area contributed by atoms with E-state index in [1.54, 1.807) is 11.8 Å². The Labute approximate surface area is 164 Å². The monoisotopic (exact) mass is 385 g/mol. The van der Waals surface area contributed by atoms with Crippen molar-refractivity contribution in [2.24, 2.45) is 5.92 Å². The molecule has 1 aliphatic carbocycles. The van der Waals surface area contributed by atoms with Gasteiger partial charge in [-0.05, 0) is 57.2 Å². The molecule has 1 aromatic carbocycles. The first-order valence-electron chi connectivity index (χ1n) is 10.3. The van der Waals surface area contributed by atoms with Crippen LogP contribution in [0, 0.1) is 5.92 Å². The Hall–Kier alpha value is -2.50. The molecule has 6 nitrogen and oxygen atoms in total. The fourth-order valence-corrected chi connectivity index (χ4v) is 4.22. The molecule has 2 heterocycles. The molecule has 1 saturated heterocycles. The molecule has 1 atom stereocenters. The van der Waals surface area contributed by atoms with Crippen LogP contribution in [0.4, 0.5) is 0 Å². The number of carbonyl (C=O) groups is 2. The van der Waals surface area contributed by atoms with Gasteiger partial charge >= 0.3 is 5.97 Å². The number of ether oxygens (including phenoxy) is 2. The first kappa shape index (κ1) is 18.8. The number of carbonyl (C=O) groups excluding carboxylic acids is 2. The molecule has 150 valence electrons. The highest BCUT2D eigenvalue weighted by molar-refractivity contribution is 5.84. The summed E-state index contributed by atoms with van der Waals surface area (Å²) >= 11 is 0. The van der Waals surface area contributed by atoms with Crippen LogP contribution >= 0.6 is 0 Å². The minimum absolute atomic E-state index is 0.0267. The fourth-order valence-electron chi connectivity index (χ4n) is 4.22. The Morgan fingerprint density at radius 1 is 1.21 bits per heavy atom. The number of benzene rings is 1. The number of likely N-dealkylation sites (tertiary alicyclic amines) is 1. The van der Waals surface area contributed by atoms with Gasteiger partial charge in [-0.3, -0.25) is 9.59 Å². The molecule has 4 rings (SSSR count). The van der Waals surface area contributed by atoms with Crippen molar-refractivity contribution in [3.8, 4) is 5.75 Å². The van der Waals surface area contributed by atoms with E-state index in [4.69, 9.17) is 13.9 Å². The second kappa shape index (κ2) is 8.25. The molecule has 0 radical (unpaired) electrons. The standard InChI is InChI=1S/C22H27NO5/c1-2-26-22(25)15-6-5-11-23(13-15)21(24)14-27-16-9-10-20-18(12-16)17-7-3-4-8-19(17)28-20/h9-10,12,15H,2-8,11,13-14H2,1H3/t15-/m0/s1. The average Bonchev–Trinajstić information content (AvgIpc) is 3.10. The van der Waals surface area contributed by atoms with Crippen molar-refractivity contribution < 1.29 is 23.5 Å². The van der Waals surface area contributed by atoms with E-state index >= 15 is 0 Å². The van der Waals surface area contributed by atoms with Crippen molar-refractivity contribution in [1.29, 1.82) is 0 Å². The molecule has 0 unspecified atom stereocenters. The van der Waals surface area contributed by atoms with Gasteiger partial charge in [0, 0.05) is 30.5 Å². The average molecular weight is 385 g/mol. The normalized spacial score (nSPS) is 19.3. The maximum atomic E-state index is 12.6.